The Labute approximate surface area is 130 Å². The molecule has 2 fully saturated rings. The van der Waals surface area contributed by atoms with E-state index in [1.165, 1.54) is 7.11 Å². The Morgan fingerprint density at radius 1 is 1.27 bits per heavy atom. The summed E-state index contributed by atoms with van der Waals surface area (Å²) < 4.78 is 4.75. The van der Waals surface area contributed by atoms with Crippen molar-refractivity contribution < 1.29 is 14.3 Å². The lowest BCUT2D eigenvalue weighted by molar-refractivity contribution is 0.0594. The molecule has 1 saturated carbocycles. The largest absolute Gasteiger partial charge is 0.464 e. The highest BCUT2D eigenvalue weighted by molar-refractivity contribution is 6.01. The zero-order chi connectivity index (χ0) is 16.0. The molecule has 3 atom stereocenters. The van der Waals surface area contributed by atoms with Crippen LogP contribution in [0, 0.1) is 25.7 Å². The molecule has 0 aromatic carbocycles. The topological polar surface area (TPSA) is 88.4 Å². The number of amides is 1. The zero-order valence-electron chi connectivity index (χ0n) is 13.3. The maximum atomic E-state index is 12.9. The highest BCUT2D eigenvalue weighted by Crippen LogP contribution is 2.38. The van der Waals surface area contributed by atoms with Crippen molar-refractivity contribution in [1.82, 2.24) is 9.88 Å². The average molecular weight is 305 g/mol. The highest BCUT2D eigenvalue weighted by Gasteiger charge is 2.43. The van der Waals surface area contributed by atoms with E-state index in [-0.39, 0.29) is 11.9 Å². The molecule has 3 N–H and O–H groups in total. The van der Waals surface area contributed by atoms with Crippen molar-refractivity contribution >= 4 is 11.9 Å². The minimum absolute atomic E-state index is 0.0111. The Balaban J connectivity index is 1.85. The van der Waals surface area contributed by atoms with Gasteiger partial charge in [-0.2, -0.15) is 0 Å². The molecule has 1 aliphatic carbocycles. The molecule has 6 heteroatoms. The number of esters is 1. The molecule has 22 heavy (non-hydrogen) atoms. The minimum atomic E-state index is -0.444. The van der Waals surface area contributed by atoms with Crippen LogP contribution >= 0.6 is 0 Å². The SMILES string of the molecule is COC(=O)c1[nH]c(C)c(C(=O)N2CC3CCC(N)C3C2)c1C. The number of hydrogen-bond donors (Lipinski definition) is 2. The van der Waals surface area contributed by atoms with Crippen LogP contribution in [0.5, 0.6) is 0 Å². The summed E-state index contributed by atoms with van der Waals surface area (Å²) in [5.41, 5.74) is 8.46. The summed E-state index contributed by atoms with van der Waals surface area (Å²) in [5, 5.41) is 0. The zero-order valence-corrected chi connectivity index (χ0v) is 13.3. The second kappa shape index (κ2) is 5.43. The van der Waals surface area contributed by atoms with Gasteiger partial charge in [0.1, 0.15) is 5.69 Å². The normalized spacial score (nSPS) is 27.1. The van der Waals surface area contributed by atoms with E-state index < -0.39 is 5.97 Å². The maximum Gasteiger partial charge on any atom is 0.354 e. The summed E-state index contributed by atoms with van der Waals surface area (Å²) in [5.74, 6) is 0.491. The number of nitrogens with two attached hydrogens (primary N) is 1. The molecule has 1 amide bonds. The van der Waals surface area contributed by atoms with Gasteiger partial charge in [0.25, 0.3) is 5.91 Å². The van der Waals surface area contributed by atoms with Crippen LogP contribution in [0.15, 0.2) is 0 Å². The smallest absolute Gasteiger partial charge is 0.354 e. The molecule has 6 nitrogen and oxygen atoms in total. The van der Waals surface area contributed by atoms with Gasteiger partial charge in [-0.3, -0.25) is 4.79 Å². The summed E-state index contributed by atoms with van der Waals surface area (Å²) in [6, 6.07) is 0.210. The second-order valence-corrected chi connectivity index (χ2v) is 6.49. The van der Waals surface area contributed by atoms with E-state index in [1.807, 2.05) is 11.8 Å². The summed E-state index contributed by atoms with van der Waals surface area (Å²) in [6.07, 6.45) is 2.17. The standard InChI is InChI=1S/C16H23N3O3/c1-8-13(9(2)18-14(8)16(21)22-3)15(20)19-6-10-4-5-12(17)11(10)7-19/h10-12,18H,4-7,17H2,1-3H3. The monoisotopic (exact) mass is 305 g/mol. The molecule has 3 unspecified atom stereocenters. The lowest BCUT2D eigenvalue weighted by atomic mass is 9.98. The fourth-order valence-corrected chi connectivity index (χ4v) is 4.01. The molecular weight excluding hydrogens is 282 g/mol. The molecule has 2 aliphatic rings. The first-order chi connectivity index (χ1) is 10.4. The Bertz CT molecular complexity index is 622. The Hall–Kier alpha value is -1.82. The van der Waals surface area contributed by atoms with E-state index in [4.69, 9.17) is 10.5 Å². The lowest BCUT2D eigenvalue weighted by Gasteiger charge is -2.19. The van der Waals surface area contributed by atoms with E-state index in [1.54, 1.807) is 6.92 Å². The first kappa shape index (κ1) is 15.1. The van der Waals surface area contributed by atoms with Crippen molar-refractivity contribution in [2.75, 3.05) is 20.2 Å². The molecule has 1 aromatic heterocycles. The van der Waals surface area contributed by atoms with E-state index in [9.17, 15) is 9.59 Å². The highest BCUT2D eigenvalue weighted by atomic mass is 16.5. The number of aromatic nitrogens is 1. The van der Waals surface area contributed by atoms with Crippen LogP contribution in [-0.4, -0.2) is 48.0 Å². The van der Waals surface area contributed by atoms with Crippen LogP contribution in [0.3, 0.4) is 0 Å². The van der Waals surface area contributed by atoms with Crippen LogP contribution < -0.4 is 5.73 Å². The summed E-state index contributed by atoms with van der Waals surface area (Å²) in [4.78, 5) is 29.5. The second-order valence-electron chi connectivity index (χ2n) is 6.49. The number of aryl methyl sites for hydroxylation is 1. The van der Waals surface area contributed by atoms with Gasteiger partial charge >= 0.3 is 5.97 Å². The molecule has 3 rings (SSSR count). The quantitative estimate of drug-likeness (QED) is 0.804. The van der Waals surface area contributed by atoms with Gasteiger partial charge in [0.05, 0.1) is 12.7 Å². The van der Waals surface area contributed by atoms with E-state index >= 15 is 0 Å². The molecule has 0 spiro atoms. The van der Waals surface area contributed by atoms with Gasteiger partial charge < -0.3 is 20.4 Å². The van der Waals surface area contributed by atoms with Crippen LogP contribution in [0.2, 0.25) is 0 Å². The molecule has 0 bridgehead atoms. The molecule has 0 radical (unpaired) electrons. The predicted octanol–water partition coefficient (Wildman–Crippen LogP) is 1.23. The number of nitrogens with zero attached hydrogens (tertiary/aromatic N) is 1. The minimum Gasteiger partial charge on any atom is -0.464 e. The van der Waals surface area contributed by atoms with Gasteiger partial charge in [-0.05, 0) is 44.1 Å². The third-order valence-corrected chi connectivity index (χ3v) is 5.24. The van der Waals surface area contributed by atoms with Gasteiger partial charge in [-0.1, -0.05) is 0 Å². The van der Waals surface area contributed by atoms with Crippen LogP contribution in [0.4, 0.5) is 0 Å². The molecular formula is C16H23N3O3. The van der Waals surface area contributed by atoms with Gasteiger partial charge in [-0.15, -0.1) is 0 Å². The molecule has 1 aliphatic heterocycles. The van der Waals surface area contributed by atoms with Crippen molar-refractivity contribution in [3.63, 3.8) is 0 Å². The fraction of sp³-hybridized carbons (Fsp3) is 0.625. The molecule has 2 heterocycles. The maximum absolute atomic E-state index is 12.9. The number of ether oxygens (including phenoxy) is 1. The predicted molar refractivity (Wildman–Crippen MR) is 81.7 cm³/mol. The third kappa shape index (κ3) is 2.22. The van der Waals surface area contributed by atoms with E-state index in [2.05, 4.69) is 4.98 Å². The average Bonchev–Trinajstić information content (AvgIpc) is 3.13. The molecule has 1 aromatic rings. The number of likely N-dealkylation sites (tertiary alicyclic amines) is 1. The van der Waals surface area contributed by atoms with Crippen molar-refractivity contribution in [3.8, 4) is 0 Å². The van der Waals surface area contributed by atoms with E-state index in [0.717, 1.165) is 25.9 Å². The number of carbonyl (C=O) groups is 2. The first-order valence-electron chi connectivity index (χ1n) is 7.76. The van der Waals surface area contributed by atoms with Gasteiger partial charge in [-0.25, -0.2) is 4.79 Å². The number of aromatic amines is 1. The number of fused-ring (bicyclic) bond motifs is 1. The number of hydrogen-bond acceptors (Lipinski definition) is 4. The number of methoxy groups -OCH3 is 1. The third-order valence-electron chi connectivity index (χ3n) is 5.24. The Morgan fingerprint density at radius 2 is 2.00 bits per heavy atom. The summed E-state index contributed by atoms with van der Waals surface area (Å²) in [7, 11) is 1.34. The van der Waals surface area contributed by atoms with E-state index in [0.29, 0.717) is 34.4 Å². The van der Waals surface area contributed by atoms with Crippen molar-refractivity contribution in [2.24, 2.45) is 17.6 Å². The number of H-pyrrole nitrogens is 1. The molecule has 1 saturated heterocycles. The summed E-state index contributed by atoms with van der Waals surface area (Å²) in [6.45, 7) is 5.10. The van der Waals surface area contributed by atoms with Crippen molar-refractivity contribution in [3.05, 3.63) is 22.5 Å². The fourth-order valence-electron chi connectivity index (χ4n) is 4.01. The Morgan fingerprint density at radius 3 is 2.64 bits per heavy atom. The van der Waals surface area contributed by atoms with Gasteiger partial charge in [0, 0.05) is 24.8 Å². The summed E-state index contributed by atoms with van der Waals surface area (Å²) >= 11 is 0. The Kier molecular flexibility index (Phi) is 3.72. The van der Waals surface area contributed by atoms with Gasteiger partial charge in [0.2, 0.25) is 0 Å². The number of carbonyl (C=O) groups excluding carboxylic acids is 2. The van der Waals surface area contributed by atoms with Crippen molar-refractivity contribution in [2.45, 2.75) is 32.7 Å². The molecule has 120 valence electrons. The number of rotatable bonds is 2. The van der Waals surface area contributed by atoms with Gasteiger partial charge in [0.15, 0.2) is 0 Å². The van der Waals surface area contributed by atoms with Crippen LogP contribution in [-0.2, 0) is 4.74 Å². The lowest BCUT2D eigenvalue weighted by Crippen LogP contribution is -2.34. The van der Waals surface area contributed by atoms with Crippen molar-refractivity contribution in [1.29, 1.82) is 0 Å². The van der Waals surface area contributed by atoms with Crippen LogP contribution in [0.1, 0.15) is 44.9 Å². The van der Waals surface area contributed by atoms with Crippen LogP contribution in [0.25, 0.3) is 0 Å². The first-order valence-corrected chi connectivity index (χ1v) is 7.76. The number of nitrogens with one attached hydrogen (secondary N) is 1.